The minimum Gasteiger partial charge on any atom is -0.476 e. The first-order valence-electron chi connectivity index (χ1n) is 9.23. The number of hydrogen-bond acceptors (Lipinski definition) is 5. The molecule has 0 aromatic heterocycles. The first-order chi connectivity index (χ1) is 14.5. The zero-order valence-corrected chi connectivity index (χ0v) is 19.2. The molecule has 1 amide bonds. The van der Waals surface area contributed by atoms with Gasteiger partial charge in [-0.3, -0.25) is 4.79 Å². The fourth-order valence-corrected chi connectivity index (χ4v) is 4.64. The Kier molecular flexibility index (Phi) is 7.51. The maximum atomic E-state index is 12.9. The third-order valence-corrected chi connectivity index (χ3v) is 5.83. The zero-order valence-electron chi connectivity index (χ0n) is 16.0. The van der Waals surface area contributed by atoms with Gasteiger partial charge in [0, 0.05) is 31.9 Å². The van der Waals surface area contributed by atoms with Gasteiger partial charge in [-0.25, -0.2) is 0 Å². The Bertz CT molecular complexity index is 1010. The molecular weight excluding hydrogens is 512 g/mol. The highest BCUT2D eigenvalue weighted by atomic mass is 79.9. The molecule has 1 aliphatic rings. The molecule has 1 fully saturated rings. The second kappa shape index (κ2) is 10.3. The molecule has 0 bridgehead atoms. The zero-order chi connectivity index (χ0) is 21.5. The number of nitrogens with zero attached hydrogens (tertiary/aromatic N) is 4. The summed E-state index contributed by atoms with van der Waals surface area (Å²) in [6.07, 6.45) is 1.56. The molecule has 1 heterocycles. The molecule has 0 spiro atoms. The summed E-state index contributed by atoms with van der Waals surface area (Å²) >= 11 is 6.81. The van der Waals surface area contributed by atoms with E-state index in [9.17, 15) is 10.1 Å². The average Bonchev–Trinajstić information content (AvgIpc) is 2.77. The van der Waals surface area contributed by atoms with Crippen molar-refractivity contribution >= 4 is 49.5 Å². The summed E-state index contributed by atoms with van der Waals surface area (Å²) in [7, 11) is 0. The first kappa shape index (κ1) is 21.9. The Labute approximate surface area is 192 Å². The lowest BCUT2D eigenvalue weighted by Gasteiger charge is -2.36. The van der Waals surface area contributed by atoms with Gasteiger partial charge in [-0.2, -0.15) is 10.5 Å². The van der Waals surface area contributed by atoms with Gasteiger partial charge in [-0.15, -0.1) is 0 Å². The van der Waals surface area contributed by atoms with Crippen LogP contribution in [0.2, 0.25) is 0 Å². The smallest absolute Gasteiger partial charge is 0.264 e. The Balaban J connectivity index is 1.72. The molecule has 1 aliphatic heterocycles. The largest absolute Gasteiger partial charge is 0.476 e. The van der Waals surface area contributed by atoms with Gasteiger partial charge in [-0.05, 0) is 67.8 Å². The predicted octanol–water partition coefficient (Wildman–Crippen LogP) is 4.37. The van der Waals surface area contributed by atoms with E-state index in [1.54, 1.807) is 23.1 Å². The molecular formula is C22H18Br2N4O2. The van der Waals surface area contributed by atoms with Crippen LogP contribution < -0.4 is 9.64 Å². The van der Waals surface area contributed by atoms with Crippen LogP contribution in [0.3, 0.4) is 0 Å². The van der Waals surface area contributed by atoms with Crippen LogP contribution in [-0.2, 0) is 4.79 Å². The van der Waals surface area contributed by atoms with Crippen LogP contribution in [0.5, 0.6) is 5.75 Å². The van der Waals surface area contributed by atoms with Gasteiger partial charge in [0.1, 0.15) is 23.5 Å². The third kappa shape index (κ3) is 5.21. The maximum Gasteiger partial charge on any atom is 0.264 e. The van der Waals surface area contributed by atoms with E-state index in [0.717, 1.165) is 18.8 Å². The topological polar surface area (TPSA) is 80.4 Å². The average molecular weight is 530 g/mol. The molecule has 8 heteroatoms. The number of ether oxygens (including phenoxy) is 1. The Morgan fingerprint density at radius 3 is 2.27 bits per heavy atom. The highest BCUT2D eigenvalue weighted by Crippen LogP contribution is 2.35. The van der Waals surface area contributed by atoms with E-state index in [2.05, 4.69) is 48.9 Å². The van der Waals surface area contributed by atoms with Crippen LogP contribution in [0, 0.1) is 22.7 Å². The number of amides is 1. The second-order valence-electron chi connectivity index (χ2n) is 6.55. The SMILES string of the molecule is N#CCOc1c(Br)cc(/C=C(/C#N)C(=O)N2CCN(c3ccccc3)CC2)cc1Br. The fraction of sp³-hybridized carbons (Fsp3) is 0.227. The van der Waals surface area contributed by atoms with Crippen LogP contribution >= 0.6 is 31.9 Å². The third-order valence-electron chi connectivity index (χ3n) is 4.65. The van der Waals surface area contributed by atoms with Crippen molar-refractivity contribution in [1.29, 1.82) is 10.5 Å². The molecule has 0 atom stereocenters. The number of benzene rings is 2. The summed E-state index contributed by atoms with van der Waals surface area (Å²) in [6, 6.07) is 17.5. The highest BCUT2D eigenvalue weighted by molar-refractivity contribution is 9.11. The van der Waals surface area contributed by atoms with E-state index in [1.165, 1.54) is 0 Å². The molecule has 6 nitrogen and oxygen atoms in total. The van der Waals surface area contributed by atoms with Crippen molar-refractivity contribution in [2.24, 2.45) is 0 Å². The quantitative estimate of drug-likeness (QED) is 0.424. The molecule has 0 N–H and O–H groups in total. The molecule has 2 aromatic rings. The number of carbonyl (C=O) groups excluding carboxylic acids is 1. The van der Waals surface area contributed by atoms with Gasteiger partial charge in [-0.1, -0.05) is 18.2 Å². The van der Waals surface area contributed by atoms with E-state index in [1.807, 2.05) is 30.3 Å². The summed E-state index contributed by atoms with van der Waals surface area (Å²) in [6.45, 7) is 2.47. The monoisotopic (exact) mass is 528 g/mol. The molecule has 30 heavy (non-hydrogen) atoms. The Hall–Kier alpha value is -2.81. The summed E-state index contributed by atoms with van der Waals surface area (Å²) in [5.41, 5.74) is 1.88. The molecule has 2 aromatic carbocycles. The molecule has 0 aliphatic carbocycles. The van der Waals surface area contributed by atoms with Crippen molar-refractivity contribution in [2.45, 2.75) is 0 Å². The molecule has 0 saturated carbocycles. The summed E-state index contributed by atoms with van der Waals surface area (Å²) in [5, 5.41) is 18.3. The standard InChI is InChI=1S/C22H18Br2N4O2/c23-19-13-16(14-20(24)21(19)30-11-6-25)12-17(15-26)22(29)28-9-7-27(8-10-28)18-4-2-1-3-5-18/h1-5,12-14H,7-11H2/b17-12-. The van der Waals surface area contributed by atoms with Crippen molar-refractivity contribution in [3.63, 3.8) is 0 Å². The molecule has 0 radical (unpaired) electrons. The van der Waals surface area contributed by atoms with Crippen molar-refractivity contribution in [1.82, 2.24) is 4.90 Å². The van der Waals surface area contributed by atoms with Gasteiger partial charge in [0.15, 0.2) is 6.61 Å². The van der Waals surface area contributed by atoms with E-state index < -0.39 is 0 Å². The van der Waals surface area contributed by atoms with Gasteiger partial charge in [0.25, 0.3) is 5.91 Å². The van der Waals surface area contributed by atoms with E-state index in [-0.39, 0.29) is 18.1 Å². The van der Waals surface area contributed by atoms with Gasteiger partial charge in [0.05, 0.1) is 8.95 Å². The van der Waals surface area contributed by atoms with Crippen molar-refractivity contribution in [3.05, 3.63) is 62.5 Å². The predicted molar refractivity (Wildman–Crippen MR) is 122 cm³/mol. The summed E-state index contributed by atoms with van der Waals surface area (Å²) in [4.78, 5) is 16.8. The number of halogens is 2. The van der Waals surface area contributed by atoms with Crippen LogP contribution in [0.25, 0.3) is 6.08 Å². The minimum atomic E-state index is -0.276. The lowest BCUT2D eigenvalue weighted by Crippen LogP contribution is -2.49. The molecule has 3 rings (SSSR count). The summed E-state index contributed by atoms with van der Waals surface area (Å²) in [5.74, 6) is 0.220. The number of nitriles is 2. The normalized spacial score (nSPS) is 14.1. The lowest BCUT2D eigenvalue weighted by atomic mass is 10.1. The molecule has 152 valence electrons. The Morgan fingerprint density at radius 2 is 1.70 bits per heavy atom. The van der Waals surface area contributed by atoms with Crippen molar-refractivity contribution in [2.75, 3.05) is 37.7 Å². The fourth-order valence-electron chi connectivity index (χ4n) is 3.19. The van der Waals surface area contributed by atoms with Crippen molar-refractivity contribution < 1.29 is 9.53 Å². The summed E-state index contributed by atoms with van der Waals surface area (Å²) < 4.78 is 6.62. The number of carbonyl (C=O) groups is 1. The van der Waals surface area contributed by atoms with E-state index >= 15 is 0 Å². The van der Waals surface area contributed by atoms with Crippen molar-refractivity contribution in [3.8, 4) is 17.9 Å². The first-order valence-corrected chi connectivity index (χ1v) is 10.8. The van der Waals surface area contributed by atoms with Crippen LogP contribution in [0.15, 0.2) is 57.0 Å². The molecule has 1 saturated heterocycles. The van der Waals surface area contributed by atoms with Crippen LogP contribution in [-0.4, -0.2) is 43.6 Å². The number of anilines is 1. The van der Waals surface area contributed by atoms with Crippen LogP contribution in [0.1, 0.15) is 5.56 Å². The second-order valence-corrected chi connectivity index (χ2v) is 8.25. The van der Waals surface area contributed by atoms with Gasteiger partial charge >= 0.3 is 0 Å². The lowest BCUT2D eigenvalue weighted by molar-refractivity contribution is -0.126. The number of para-hydroxylation sites is 1. The number of hydrogen-bond donors (Lipinski definition) is 0. The number of piperazine rings is 1. The minimum absolute atomic E-state index is 0.0765. The molecule has 0 unspecified atom stereocenters. The maximum absolute atomic E-state index is 12.9. The van der Waals surface area contributed by atoms with Crippen LogP contribution in [0.4, 0.5) is 5.69 Å². The number of rotatable bonds is 5. The van der Waals surface area contributed by atoms with Gasteiger partial charge < -0.3 is 14.5 Å². The Morgan fingerprint density at radius 1 is 1.07 bits per heavy atom. The van der Waals surface area contributed by atoms with E-state index in [4.69, 9.17) is 10.00 Å². The van der Waals surface area contributed by atoms with E-state index in [0.29, 0.717) is 33.3 Å². The highest BCUT2D eigenvalue weighted by Gasteiger charge is 2.24. The van der Waals surface area contributed by atoms with Gasteiger partial charge in [0.2, 0.25) is 0 Å².